The van der Waals surface area contributed by atoms with Crippen LogP contribution in [0.5, 0.6) is 5.75 Å². The van der Waals surface area contributed by atoms with Crippen LogP contribution >= 0.6 is 15.9 Å². The van der Waals surface area contributed by atoms with Crippen molar-refractivity contribution in [1.82, 2.24) is 14.7 Å². The van der Waals surface area contributed by atoms with Crippen LogP contribution in [0.25, 0.3) is 5.69 Å². The van der Waals surface area contributed by atoms with Crippen LogP contribution in [-0.4, -0.2) is 52.6 Å². The molecule has 0 unspecified atom stereocenters. The van der Waals surface area contributed by atoms with E-state index in [1.54, 1.807) is 39.8 Å². The third-order valence-electron chi connectivity index (χ3n) is 4.64. The van der Waals surface area contributed by atoms with Gasteiger partial charge in [0.25, 0.3) is 0 Å². The molecular formula is C21H25BrFN3O5. The van der Waals surface area contributed by atoms with Crippen LogP contribution in [0.2, 0.25) is 0 Å². The molecule has 1 aromatic heterocycles. The molecule has 1 aliphatic heterocycles. The van der Waals surface area contributed by atoms with Gasteiger partial charge in [-0.25, -0.2) is 18.7 Å². The van der Waals surface area contributed by atoms with Gasteiger partial charge in [-0.1, -0.05) is 0 Å². The molecule has 0 aliphatic carbocycles. The van der Waals surface area contributed by atoms with Crippen LogP contribution in [0.15, 0.2) is 16.6 Å². The van der Waals surface area contributed by atoms with Crippen molar-refractivity contribution in [2.75, 3.05) is 20.3 Å². The Morgan fingerprint density at radius 1 is 1.29 bits per heavy atom. The second-order valence-electron chi connectivity index (χ2n) is 7.97. The summed E-state index contributed by atoms with van der Waals surface area (Å²) in [5, 5.41) is 4.43. The van der Waals surface area contributed by atoms with Gasteiger partial charge in [0.1, 0.15) is 11.3 Å². The molecule has 0 saturated carbocycles. The summed E-state index contributed by atoms with van der Waals surface area (Å²) >= 11 is 3.15. The summed E-state index contributed by atoms with van der Waals surface area (Å²) < 4.78 is 32.2. The van der Waals surface area contributed by atoms with Gasteiger partial charge in [-0.05, 0) is 55.8 Å². The number of amides is 1. The number of nitrogens with zero attached hydrogens (tertiary/aromatic N) is 3. The van der Waals surface area contributed by atoms with E-state index in [4.69, 9.17) is 14.2 Å². The van der Waals surface area contributed by atoms with E-state index in [9.17, 15) is 14.0 Å². The summed E-state index contributed by atoms with van der Waals surface area (Å²) in [5.41, 5.74) is 1.01. The Morgan fingerprint density at radius 2 is 2.00 bits per heavy atom. The number of benzene rings is 1. The predicted molar refractivity (Wildman–Crippen MR) is 114 cm³/mol. The monoisotopic (exact) mass is 497 g/mol. The van der Waals surface area contributed by atoms with E-state index in [-0.39, 0.29) is 29.1 Å². The van der Waals surface area contributed by atoms with Crippen LogP contribution in [0.4, 0.5) is 9.18 Å². The van der Waals surface area contributed by atoms with Gasteiger partial charge in [0.2, 0.25) is 0 Å². The van der Waals surface area contributed by atoms with Crippen molar-refractivity contribution in [1.29, 1.82) is 0 Å². The van der Waals surface area contributed by atoms with E-state index in [0.717, 1.165) is 0 Å². The maximum absolute atomic E-state index is 14.6. The van der Waals surface area contributed by atoms with Crippen molar-refractivity contribution >= 4 is 28.0 Å². The average Bonchev–Trinajstić information content (AvgIpc) is 3.07. The van der Waals surface area contributed by atoms with E-state index in [2.05, 4.69) is 21.0 Å². The number of esters is 1. The smallest absolute Gasteiger partial charge is 0.410 e. The number of fused-ring (bicyclic) bond motifs is 1. The number of hydrogen-bond acceptors (Lipinski definition) is 6. The zero-order valence-electron chi connectivity index (χ0n) is 18.1. The number of halogens is 2. The Labute approximate surface area is 188 Å². The predicted octanol–water partition coefficient (Wildman–Crippen LogP) is 4.25. The number of ether oxygens (including phenoxy) is 3. The van der Waals surface area contributed by atoms with Crippen LogP contribution < -0.4 is 4.74 Å². The summed E-state index contributed by atoms with van der Waals surface area (Å²) in [6.07, 6.45) is -0.0880. The maximum Gasteiger partial charge on any atom is 0.410 e. The topological polar surface area (TPSA) is 82.9 Å². The number of carbonyl (C=O) groups is 2. The molecule has 0 bridgehead atoms. The normalized spacial score (nSPS) is 13.6. The lowest BCUT2D eigenvalue weighted by molar-refractivity contribution is 0.0219. The lowest BCUT2D eigenvalue weighted by Gasteiger charge is -2.30. The fourth-order valence-electron chi connectivity index (χ4n) is 3.35. The third-order valence-corrected chi connectivity index (χ3v) is 5.25. The average molecular weight is 498 g/mol. The lowest BCUT2D eigenvalue weighted by Crippen LogP contribution is -2.40. The van der Waals surface area contributed by atoms with Crippen molar-refractivity contribution in [2.45, 2.75) is 46.3 Å². The van der Waals surface area contributed by atoms with Crippen molar-refractivity contribution in [3.05, 3.63) is 39.4 Å². The van der Waals surface area contributed by atoms with Gasteiger partial charge in [0.05, 0.1) is 30.4 Å². The molecule has 31 heavy (non-hydrogen) atoms. The van der Waals surface area contributed by atoms with E-state index >= 15 is 0 Å². The van der Waals surface area contributed by atoms with Crippen molar-refractivity contribution in [2.24, 2.45) is 0 Å². The first-order valence-corrected chi connectivity index (χ1v) is 10.6. The number of methoxy groups -OCH3 is 1. The highest BCUT2D eigenvalue weighted by molar-refractivity contribution is 9.10. The lowest BCUT2D eigenvalue weighted by atomic mass is 10.0. The van der Waals surface area contributed by atoms with Gasteiger partial charge in [-0.3, -0.25) is 0 Å². The molecule has 0 spiro atoms. The minimum Gasteiger partial charge on any atom is -0.491 e. The van der Waals surface area contributed by atoms with E-state index in [1.807, 2.05) is 0 Å². The summed E-state index contributed by atoms with van der Waals surface area (Å²) in [7, 11) is 1.36. The van der Waals surface area contributed by atoms with Crippen LogP contribution in [0, 0.1) is 5.82 Å². The quantitative estimate of drug-likeness (QED) is 0.587. The van der Waals surface area contributed by atoms with Crippen LogP contribution in [0.1, 0.15) is 49.4 Å². The highest BCUT2D eigenvalue weighted by Gasteiger charge is 2.34. The second-order valence-corrected chi connectivity index (χ2v) is 8.83. The number of carbonyl (C=O) groups excluding carboxylic acids is 2. The fourth-order valence-corrected chi connectivity index (χ4v) is 3.66. The first kappa shape index (κ1) is 23.1. The van der Waals surface area contributed by atoms with Crippen molar-refractivity contribution in [3.63, 3.8) is 0 Å². The van der Waals surface area contributed by atoms with Gasteiger partial charge in [-0.15, -0.1) is 0 Å². The second kappa shape index (κ2) is 8.86. The SMILES string of the molecule is CCOC(=O)c1nn(-c2ccc(Br)c(F)c2OC)c2c1CN(C(=O)OC(C)(C)C)CC2. The Morgan fingerprint density at radius 3 is 2.61 bits per heavy atom. The van der Waals surface area contributed by atoms with Gasteiger partial charge >= 0.3 is 12.1 Å². The van der Waals surface area contributed by atoms with Gasteiger partial charge in [-0.2, -0.15) is 5.10 Å². The Bertz CT molecular complexity index is 1020. The van der Waals surface area contributed by atoms with Gasteiger partial charge in [0.15, 0.2) is 17.3 Å². The highest BCUT2D eigenvalue weighted by atomic mass is 79.9. The standard InChI is InChI=1S/C21H25BrFN3O5/c1-6-30-19(27)17-12-11-25(20(28)31-21(2,3)4)10-9-14(12)26(24-17)15-8-7-13(22)16(23)18(15)29-5/h7-8H,6,9-11H2,1-5H3. The zero-order chi connectivity index (χ0) is 22.9. The molecule has 2 heterocycles. The van der Waals surface area contributed by atoms with Crippen molar-refractivity contribution < 1.29 is 28.2 Å². The number of rotatable bonds is 4. The molecule has 0 saturated heterocycles. The van der Waals surface area contributed by atoms with Crippen LogP contribution in [0.3, 0.4) is 0 Å². The maximum atomic E-state index is 14.6. The van der Waals surface area contributed by atoms with E-state index in [1.165, 1.54) is 16.7 Å². The van der Waals surface area contributed by atoms with E-state index < -0.39 is 23.5 Å². The minimum atomic E-state index is -0.645. The molecule has 10 heteroatoms. The molecule has 8 nitrogen and oxygen atoms in total. The Balaban J connectivity index is 2.08. The molecule has 3 rings (SSSR count). The van der Waals surface area contributed by atoms with Gasteiger partial charge in [0, 0.05) is 18.5 Å². The first-order chi connectivity index (χ1) is 14.6. The highest BCUT2D eigenvalue weighted by Crippen LogP contribution is 2.34. The Kier molecular flexibility index (Phi) is 6.59. The Hall–Kier alpha value is -2.62. The molecule has 1 aliphatic rings. The molecule has 0 N–H and O–H groups in total. The summed E-state index contributed by atoms with van der Waals surface area (Å²) in [4.78, 5) is 26.7. The third kappa shape index (κ3) is 4.68. The molecule has 0 fully saturated rings. The molecule has 168 valence electrons. The fraction of sp³-hybridized carbons (Fsp3) is 0.476. The first-order valence-electron chi connectivity index (χ1n) is 9.85. The molecule has 0 atom stereocenters. The minimum absolute atomic E-state index is 0.00958. The summed E-state index contributed by atoms with van der Waals surface area (Å²) in [6, 6.07) is 3.19. The molecule has 1 amide bonds. The van der Waals surface area contributed by atoms with Gasteiger partial charge < -0.3 is 19.1 Å². The number of aromatic nitrogens is 2. The summed E-state index contributed by atoms with van der Waals surface area (Å²) in [5.74, 6) is -1.20. The molecule has 2 aromatic rings. The zero-order valence-corrected chi connectivity index (χ0v) is 19.7. The summed E-state index contributed by atoms with van der Waals surface area (Å²) in [6.45, 7) is 7.72. The van der Waals surface area contributed by atoms with E-state index in [0.29, 0.717) is 29.9 Å². The molecule has 1 aromatic carbocycles. The molecule has 0 radical (unpaired) electrons. The molecular weight excluding hydrogens is 473 g/mol. The largest absolute Gasteiger partial charge is 0.491 e. The number of hydrogen-bond donors (Lipinski definition) is 0. The van der Waals surface area contributed by atoms with Crippen LogP contribution in [-0.2, 0) is 22.4 Å². The van der Waals surface area contributed by atoms with Crippen molar-refractivity contribution in [3.8, 4) is 11.4 Å².